The van der Waals surface area contributed by atoms with Gasteiger partial charge < -0.3 is 14.8 Å². The highest BCUT2D eigenvalue weighted by Crippen LogP contribution is 2.36. The first-order chi connectivity index (χ1) is 18.9. The van der Waals surface area contributed by atoms with Crippen LogP contribution in [-0.4, -0.2) is 40.0 Å². The number of benzene rings is 3. The zero-order chi connectivity index (χ0) is 29.6. The van der Waals surface area contributed by atoms with Crippen molar-refractivity contribution in [3.63, 3.8) is 0 Å². The molecule has 1 atom stereocenters. The molecule has 0 bridgehead atoms. The van der Waals surface area contributed by atoms with E-state index in [1.165, 1.54) is 44.4 Å². The molecule has 0 spiro atoms. The summed E-state index contributed by atoms with van der Waals surface area (Å²) >= 11 is 6.21. The van der Waals surface area contributed by atoms with Crippen LogP contribution in [0.5, 0.6) is 11.5 Å². The fraction of sp³-hybridized carbons (Fsp3) is 0.321. The molecular weight excluding hydrogens is 558 g/mol. The zero-order valence-electron chi connectivity index (χ0n) is 22.9. The van der Waals surface area contributed by atoms with Crippen molar-refractivity contribution in [1.29, 1.82) is 0 Å². The number of sulfonamides is 1. The summed E-state index contributed by atoms with van der Waals surface area (Å²) in [7, 11) is -1.57. The average molecular weight is 590 g/mol. The maximum absolute atomic E-state index is 13.9. The number of halogens is 1. The van der Waals surface area contributed by atoms with Gasteiger partial charge in [0.15, 0.2) is 0 Å². The van der Waals surface area contributed by atoms with Crippen molar-refractivity contribution in [2.75, 3.05) is 25.1 Å². The van der Waals surface area contributed by atoms with Gasteiger partial charge in [0.05, 0.1) is 35.8 Å². The Bertz CT molecular complexity index is 1480. The van der Waals surface area contributed by atoms with Crippen molar-refractivity contribution in [3.8, 4) is 11.5 Å². The number of nitrogens with one attached hydrogen (secondary N) is 1. The van der Waals surface area contributed by atoms with Crippen molar-refractivity contribution < 1.29 is 27.6 Å². The maximum atomic E-state index is 13.9. The number of hydrogen-bond donors (Lipinski definition) is 1. The second-order valence-corrected chi connectivity index (χ2v) is 11.9. The van der Waals surface area contributed by atoms with Crippen LogP contribution in [0.25, 0.3) is 0 Å². The molecule has 0 saturated carbocycles. The Labute approximate surface area is 239 Å². The van der Waals surface area contributed by atoms with Crippen LogP contribution in [0.3, 0.4) is 0 Å². The molecule has 0 saturated heterocycles. The smallest absolute Gasteiger partial charge is 0.273 e. The first kappa shape index (κ1) is 30.7. The number of methoxy groups -OCH3 is 2. The van der Waals surface area contributed by atoms with Gasteiger partial charge in [-0.3, -0.25) is 19.2 Å². The Morgan fingerprint density at radius 1 is 1.05 bits per heavy atom. The van der Waals surface area contributed by atoms with Gasteiger partial charge in [0, 0.05) is 16.7 Å². The number of nitro groups is 1. The van der Waals surface area contributed by atoms with E-state index in [4.69, 9.17) is 21.1 Å². The van der Waals surface area contributed by atoms with Crippen LogP contribution in [0.2, 0.25) is 5.02 Å². The molecule has 0 aliphatic heterocycles. The molecular formula is C28H32ClN3O7S. The number of hydrogen-bond acceptors (Lipinski definition) is 7. The van der Waals surface area contributed by atoms with Gasteiger partial charge in [0.2, 0.25) is 5.91 Å². The van der Waals surface area contributed by atoms with E-state index in [1.54, 1.807) is 19.2 Å². The Morgan fingerprint density at radius 3 is 2.30 bits per heavy atom. The molecule has 1 N–H and O–H groups in total. The van der Waals surface area contributed by atoms with Crippen molar-refractivity contribution in [2.45, 2.75) is 38.1 Å². The average Bonchev–Trinajstić information content (AvgIpc) is 2.91. The van der Waals surface area contributed by atoms with Crippen LogP contribution in [-0.2, 0) is 14.8 Å². The van der Waals surface area contributed by atoms with E-state index < -0.39 is 33.4 Å². The van der Waals surface area contributed by atoms with E-state index in [2.05, 4.69) is 5.32 Å². The van der Waals surface area contributed by atoms with Crippen molar-refractivity contribution in [1.82, 2.24) is 5.32 Å². The largest absolute Gasteiger partial charge is 0.497 e. The molecule has 1 unspecified atom stereocenters. The molecule has 0 fully saturated rings. The number of nitro benzene ring substituents is 1. The highest BCUT2D eigenvalue weighted by Gasteiger charge is 2.32. The van der Waals surface area contributed by atoms with Crippen LogP contribution in [0.4, 0.5) is 11.4 Å². The summed E-state index contributed by atoms with van der Waals surface area (Å²) in [5.74, 6) is 0.439. The van der Waals surface area contributed by atoms with Crippen molar-refractivity contribution >= 4 is 38.9 Å². The highest BCUT2D eigenvalue weighted by atomic mass is 35.5. The molecule has 10 nitrogen and oxygen atoms in total. The summed E-state index contributed by atoms with van der Waals surface area (Å²) in [6.07, 6.45) is 0.593. The second kappa shape index (κ2) is 13.0. The summed E-state index contributed by atoms with van der Waals surface area (Å²) in [4.78, 5) is 24.0. The Hall–Kier alpha value is -3.83. The van der Waals surface area contributed by atoms with Crippen LogP contribution < -0.4 is 19.1 Å². The summed E-state index contributed by atoms with van der Waals surface area (Å²) < 4.78 is 39.4. The summed E-state index contributed by atoms with van der Waals surface area (Å²) in [5.41, 5.74) is 0.773. The predicted molar refractivity (Wildman–Crippen MR) is 154 cm³/mol. The molecule has 0 aliphatic rings. The van der Waals surface area contributed by atoms with E-state index in [0.29, 0.717) is 17.7 Å². The summed E-state index contributed by atoms with van der Waals surface area (Å²) in [6, 6.07) is 14.8. The lowest BCUT2D eigenvalue weighted by Crippen LogP contribution is -2.42. The fourth-order valence-corrected chi connectivity index (χ4v) is 5.80. The van der Waals surface area contributed by atoms with E-state index >= 15 is 0 Å². The third-order valence-corrected chi connectivity index (χ3v) is 8.21. The van der Waals surface area contributed by atoms with Gasteiger partial charge in [-0.2, -0.15) is 0 Å². The number of nitrogens with zero attached hydrogens (tertiary/aromatic N) is 2. The molecule has 3 rings (SSSR count). The number of aryl methyl sites for hydroxylation is 1. The van der Waals surface area contributed by atoms with Crippen LogP contribution >= 0.6 is 11.6 Å². The van der Waals surface area contributed by atoms with Crippen molar-refractivity contribution in [3.05, 3.63) is 86.9 Å². The lowest BCUT2D eigenvalue weighted by Gasteiger charge is -2.27. The Morgan fingerprint density at radius 2 is 1.73 bits per heavy atom. The minimum atomic E-state index is -4.49. The highest BCUT2D eigenvalue weighted by molar-refractivity contribution is 7.92. The molecule has 40 heavy (non-hydrogen) atoms. The second-order valence-electron chi connectivity index (χ2n) is 9.56. The van der Waals surface area contributed by atoms with E-state index in [0.717, 1.165) is 15.9 Å². The zero-order valence-corrected chi connectivity index (χ0v) is 24.5. The van der Waals surface area contributed by atoms with Crippen LogP contribution in [0.15, 0.2) is 65.6 Å². The van der Waals surface area contributed by atoms with Crippen LogP contribution in [0.1, 0.15) is 37.4 Å². The number of amides is 1. The molecule has 214 valence electrons. The quantitative estimate of drug-likeness (QED) is 0.213. The van der Waals surface area contributed by atoms with Gasteiger partial charge in [-0.05, 0) is 61.2 Å². The van der Waals surface area contributed by atoms with E-state index in [1.807, 2.05) is 26.0 Å². The van der Waals surface area contributed by atoms with E-state index in [9.17, 15) is 23.3 Å². The number of anilines is 1. The maximum Gasteiger partial charge on any atom is 0.273 e. The predicted octanol–water partition coefficient (Wildman–Crippen LogP) is 5.67. The van der Waals surface area contributed by atoms with Gasteiger partial charge >= 0.3 is 0 Å². The third kappa shape index (κ3) is 7.22. The molecule has 1 amide bonds. The fourth-order valence-electron chi connectivity index (χ4n) is 4.19. The lowest BCUT2D eigenvalue weighted by molar-refractivity contribution is -0.385. The van der Waals surface area contributed by atoms with E-state index in [-0.39, 0.29) is 33.0 Å². The number of carbonyl (C=O) groups excluding carboxylic acids is 1. The Kier molecular flexibility index (Phi) is 9.99. The molecule has 3 aromatic rings. The lowest BCUT2D eigenvalue weighted by atomic mass is 9.97. The SMILES string of the molecule is COc1ccc(C(CC(C)C)NC(=O)CN(c2cc(Cl)ccc2OC)S(=O)(=O)c2ccc(C)c([N+](=O)[O-])c2)cc1. The monoisotopic (exact) mass is 589 g/mol. The third-order valence-electron chi connectivity index (χ3n) is 6.22. The minimum absolute atomic E-state index is 0.0123. The molecule has 0 heterocycles. The molecule has 0 radical (unpaired) electrons. The standard InChI is InChI=1S/C28H32ClN3O7S/c1-18(2)14-24(20-7-10-22(38-4)11-8-20)30-28(33)17-31(26-15-21(29)9-13-27(26)39-5)40(36,37)23-12-6-19(3)25(16-23)32(34)35/h6-13,15-16,18,24H,14,17H2,1-5H3,(H,30,33). The van der Waals surface area contributed by atoms with Gasteiger partial charge in [0.1, 0.15) is 18.0 Å². The van der Waals surface area contributed by atoms with Gasteiger partial charge in [-0.1, -0.05) is 43.6 Å². The molecule has 3 aromatic carbocycles. The summed E-state index contributed by atoms with van der Waals surface area (Å²) in [6.45, 7) is 4.90. The first-order valence-electron chi connectivity index (χ1n) is 12.4. The number of carbonyl (C=O) groups is 1. The topological polar surface area (TPSA) is 128 Å². The number of ether oxygens (including phenoxy) is 2. The number of rotatable bonds is 12. The molecule has 12 heteroatoms. The molecule has 0 aromatic heterocycles. The minimum Gasteiger partial charge on any atom is -0.497 e. The van der Waals surface area contributed by atoms with Crippen LogP contribution in [0, 0.1) is 23.0 Å². The normalized spacial score (nSPS) is 12.1. The first-order valence-corrected chi connectivity index (χ1v) is 14.2. The van der Waals surface area contributed by atoms with Crippen molar-refractivity contribution in [2.24, 2.45) is 5.92 Å². The van der Waals surface area contributed by atoms with Gasteiger partial charge in [-0.25, -0.2) is 8.42 Å². The Balaban J connectivity index is 2.06. The van der Waals surface area contributed by atoms with Gasteiger partial charge in [0.25, 0.3) is 15.7 Å². The molecule has 0 aliphatic carbocycles. The summed E-state index contributed by atoms with van der Waals surface area (Å²) in [5, 5.41) is 14.7. The van der Waals surface area contributed by atoms with Gasteiger partial charge in [-0.15, -0.1) is 0 Å².